The fraction of sp³-hybridized carbons (Fsp3) is 0.733. The van der Waals surface area contributed by atoms with E-state index in [-0.39, 0.29) is 11.5 Å². The third kappa shape index (κ3) is 2.98. The van der Waals surface area contributed by atoms with Crippen LogP contribution in [0.3, 0.4) is 0 Å². The van der Waals surface area contributed by atoms with Gasteiger partial charge in [0, 0.05) is 6.61 Å². The molecule has 1 aliphatic rings. The zero-order valence-corrected chi connectivity index (χ0v) is 14.0. The first kappa shape index (κ1) is 15.7. The van der Waals surface area contributed by atoms with Crippen molar-refractivity contribution in [2.45, 2.75) is 64.4 Å². The van der Waals surface area contributed by atoms with Crippen LogP contribution in [0.1, 0.15) is 70.3 Å². The van der Waals surface area contributed by atoms with Crippen molar-refractivity contribution in [2.24, 2.45) is 0 Å². The molecule has 0 bridgehead atoms. The lowest BCUT2D eigenvalue weighted by Gasteiger charge is -2.36. The van der Waals surface area contributed by atoms with E-state index in [0.29, 0.717) is 16.9 Å². The number of aromatic amines is 1. The lowest BCUT2D eigenvalue weighted by atomic mass is 9.83. The SMILES string of the molecule is CCOC1(c2nc(C(C)C)c(Br)c(=O)[nH]2)CCCCC1. The summed E-state index contributed by atoms with van der Waals surface area (Å²) < 4.78 is 6.58. The average Bonchev–Trinajstić information content (AvgIpc) is 2.42. The van der Waals surface area contributed by atoms with Gasteiger partial charge in [-0.3, -0.25) is 4.79 Å². The summed E-state index contributed by atoms with van der Waals surface area (Å²) in [5.74, 6) is 0.906. The molecule has 1 heterocycles. The van der Waals surface area contributed by atoms with E-state index in [1.54, 1.807) is 0 Å². The molecule has 2 rings (SSSR count). The molecule has 0 unspecified atom stereocenters. The Balaban J connectivity index is 2.51. The zero-order chi connectivity index (χ0) is 14.8. The van der Waals surface area contributed by atoms with Crippen LogP contribution < -0.4 is 5.56 Å². The van der Waals surface area contributed by atoms with Crippen LogP contribution in [0, 0.1) is 0 Å². The summed E-state index contributed by atoms with van der Waals surface area (Å²) in [6.07, 6.45) is 5.34. The van der Waals surface area contributed by atoms with Crippen molar-refractivity contribution < 1.29 is 4.74 Å². The summed E-state index contributed by atoms with van der Waals surface area (Å²) in [5.41, 5.74) is 0.299. The lowest BCUT2D eigenvalue weighted by molar-refractivity contribution is -0.0770. The first-order valence-corrected chi connectivity index (χ1v) is 8.23. The van der Waals surface area contributed by atoms with Gasteiger partial charge in [0.15, 0.2) is 0 Å². The standard InChI is InChI=1S/C15H23BrN2O2/c1-4-20-15(8-6-5-7-9-15)14-17-12(10(2)3)11(16)13(19)18-14/h10H,4-9H2,1-3H3,(H,17,18,19). The van der Waals surface area contributed by atoms with E-state index < -0.39 is 5.60 Å². The Morgan fingerprint density at radius 3 is 2.55 bits per heavy atom. The summed E-state index contributed by atoms with van der Waals surface area (Å²) in [6.45, 7) is 6.72. The average molecular weight is 343 g/mol. The fourth-order valence-corrected chi connectivity index (χ4v) is 3.57. The van der Waals surface area contributed by atoms with Crippen molar-refractivity contribution in [1.29, 1.82) is 0 Å². The predicted molar refractivity (Wildman–Crippen MR) is 83.0 cm³/mol. The second-order valence-electron chi connectivity index (χ2n) is 5.76. The number of nitrogens with one attached hydrogen (secondary N) is 1. The van der Waals surface area contributed by atoms with Gasteiger partial charge in [-0.05, 0) is 41.6 Å². The van der Waals surface area contributed by atoms with Gasteiger partial charge in [0.05, 0.1) is 5.69 Å². The molecule has 0 radical (unpaired) electrons. The number of nitrogens with zero attached hydrogens (tertiary/aromatic N) is 1. The number of halogens is 1. The van der Waals surface area contributed by atoms with Gasteiger partial charge in [-0.25, -0.2) is 4.98 Å². The third-order valence-corrected chi connectivity index (χ3v) is 4.72. The first-order valence-electron chi connectivity index (χ1n) is 7.44. The highest BCUT2D eigenvalue weighted by Crippen LogP contribution is 2.39. The van der Waals surface area contributed by atoms with Crippen LogP contribution in [0.25, 0.3) is 0 Å². The van der Waals surface area contributed by atoms with Crippen molar-refractivity contribution >= 4 is 15.9 Å². The van der Waals surface area contributed by atoms with Gasteiger partial charge in [-0.2, -0.15) is 0 Å². The normalized spacial score (nSPS) is 18.4. The smallest absolute Gasteiger partial charge is 0.265 e. The summed E-state index contributed by atoms with van der Waals surface area (Å²) in [7, 11) is 0. The lowest BCUT2D eigenvalue weighted by Crippen LogP contribution is -2.37. The van der Waals surface area contributed by atoms with Crippen LogP contribution in [0.5, 0.6) is 0 Å². The molecule has 112 valence electrons. The number of hydrogen-bond acceptors (Lipinski definition) is 3. The molecule has 1 aliphatic carbocycles. The second kappa shape index (κ2) is 6.39. The maximum Gasteiger partial charge on any atom is 0.265 e. The quantitative estimate of drug-likeness (QED) is 0.903. The molecule has 1 saturated carbocycles. The molecule has 1 aromatic heterocycles. The highest BCUT2D eigenvalue weighted by molar-refractivity contribution is 9.10. The van der Waals surface area contributed by atoms with Gasteiger partial charge in [0.1, 0.15) is 15.9 Å². The van der Waals surface area contributed by atoms with Crippen molar-refractivity contribution in [3.8, 4) is 0 Å². The number of ether oxygens (including phenoxy) is 1. The minimum atomic E-state index is -0.406. The van der Waals surface area contributed by atoms with Crippen LogP contribution in [0.15, 0.2) is 9.27 Å². The van der Waals surface area contributed by atoms with E-state index in [2.05, 4.69) is 20.9 Å². The van der Waals surface area contributed by atoms with Crippen molar-refractivity contribution in [1.82, 2.24) is 9.97 Å². The van der Waals surface area contributed by atoms with Gasteiger partial charge in [-0.1, -0.05) is 33.1 Å². The molecule has 4 nitrogen and oxygen atoms in total. The summed E-state index contributed by atoms with van der Waals surface area (Å²) >= 11 is 3.35. The molecule has 0 amide bonds. The van der Waals surface area contributed by atoms with Crippen LogP contribution in [-0.2, 0) is 10.3 Å². The molecule has 0 atom stereocenters. The minimum Gasteiger partial charge on any atom is -0.367 e. The van der Waals surface area contributed by atoms with Gasteiger partial charge in [0.25, 0.3) is 5.56 Å². The Labute approximate surface area is 128 Å². The third-order valence-electron chi connectivity index (χ3n) is 3.95. The van der Waals surface area contributed by atoms with Gasteiger partial charge < -0.3 is 9.72 Å². The Hall–Kier alpha value is -0.680. The minimum absolute atomic E-state index is 0.108. The van der Waals surface area contributed by atoms with Crippen molar-refractivity contribution in [3.05, 3.63) is 26.3 Å². The van der Waals surface area contributed by atoms with E-state index in [1.165, 1.54) is 6.42 Å². The molecule has 1 fully saturated rings. The molecule has 0 aromatic carbocycles. The molecule has 20 heavy (non-hydrogen) atoms. The Morgan fingerprint density at radius 2 is 2.00 bits per heavy atom. The molecule has 0 aliphatic heterocycles. The van der Waals surface area contributed by atoms with Gasteiger partial charge in [-0.15, -0.1) is 0 Å². The molecular weight excluding hydrogens is 320 g/mol. The van der Waals surface area contributed by atoms with Gasteiger partial charge >= 0.3 is 0 Å². The number of H-pyrrole nitrogens is 1. The first-order chi connectivity index (χ1) is 9.50. The summed E-state index contributed by atoms with van der Waals surface area (Å²) in [5, 5.41) is 0. The topological polar surface area (TPSA) is 55.0 Å². The Morgan fingerprint density at radius 1 is 1.35 bits per heavy atom. The Bertz CT molecular complexity index is 514. The van der Waals surface area contributed by atoms with E-state index in [9.17, 15) is 4.79 Å². The molecule has 0 spiro atoms. The van der Waals surface area contributed by atoms with Crippen molar-refractivity contribution in [2.75, 3.05) is 6.61 Å². The monoisotopic (exact) mass is 342 g/mol. The highest BCUT2D eigenvalue weighted by atomic mass is 79.9. The van der Waals surface area contributed by atoms with Crippen LogP contribution in [0.2, 0.25) is 0 Å². The zero-order valence-electron chi connectivity index (χ0n) is 12.5. The maximum atomic E-state index is 12.2. The second-order valence-corrected chi connectivity index (χ2v) is 6.55. The van der Waals surface area contributed by atoms with E-state index in [4.69, 9.17) is 9.72 Å². The van der Waals surface area contributed by atoms with E-state index in [1.807, 2.05) is 20.8 Å². The molecule has 0 saturated heterocycles. The fourth-order valence-electron chi connectivity index (χ4n) is 2.92. The Kier molecular flexibility index (Phi) is 5.02. The molecule has 1 aromatic rings. The number of aromatic nitrogens is 2. The maximum absolute atomic E-state index is 12.2. The predicted octanol–water partition coefficient (Wildman–Crippen LogP) is 3.85. The van der Waals surface area contributed by atoms with E-state index in [0.717, 1.165) is 31.4 Å². The van der Waals surface area contributed by atoms with E-state index >= 15 is 0 Å². The number of rotatable bonds is 4. The summed E-state index contributed by atoms with van der Waals surface area (Å²) in [6, 6.07) is 0. The van der Waals surface area contributed by atoms with Crippen molar-refractivity contribution in [3.63, 3.8) is 0 Å². The molecule has 5 heteroatoms. The van der Waals surface area contributed by atoms with Crippen LogP contribution in [-0.4, -0.2) is 16.6 Å². The van der Waals surface area contributed by atoms with Gasteiger partial charge in [0.2, 0.25) is 0 Å². The van der Waals surface area contributed by atoms with Crippen LogP contribution >= 0.6 is 15.9 Å². The number of hydrogen-bond donors (Lipinski definition) is 1. The van der Waals surface area contributed by atoms with Crippen LogP contribution in [0.4, 0.5) is 0 Å². The largest absolute Gasteiger partial charge is 0.367 e. The molecular formula is C15H23BrN2O2. The highest BCUT2D eigenvalue weighted by Gasteiger charge is 2.37. The molecule has 1 N–H and O–H groups in total. The summed E-state index contributed by atoms with van der Waals surface area (Å²) in [4.78, 5) is 19.8.